The molecule has 0 radical (unpaired) electrons. The highest BCUT2D eigenvalue weighted by atomic mass is 16.3. The van der Waals surface area contributed by atoms with Gasteiger partial charge in [-0.3, -0.25) is 9.79 Å². The molecule has 1 aromatic carbocycles. The standard InChI is InChI=1S/C21H29N5O2/c1-16(17-7-5-8-18(13-17)26-10-3-4-11-26)25-21(22-2)24-15-20(27)23-14-19-9-6-12-28-19/h5-9,12-13,16H,3-4,10-11,14-15H2,1-2H3,(H,23,27)(H2,22,24,25). The summed E-state index contributed by atoms with van der Waals surface area (Å²) in [4.78, 5) is 18.6. The van der Waals surface area contributed by atoms with Crippen LogP contribution in [0, 0.1) is 0 Å². The van der Waals surface area contributed by atoms with Crippen molar-refractivity contribution in [3.8, 4) is 0 Å². The molecule has 0 aliphatic carbocycles. The lowest BCUT2D eigenvalue weighted by Crippen LogP contribution is -2.43. The second kappa shape index (κ2) is 9.82. The predicted molar refractivity (Wildman–Crippen MR) is 111 cm³/mol. The van der Waals surface area contributed by atoms with Crippen molar-refractivity contribution in [1.82, 2.24) is 16.0 Å². The molecule has 3 rings (SSSR count). The maximum atomic E-state index is 12.0. The van der Waals surface area contributed by atoms with Gasteiger partial charge in [-0.25, -0.2) is 0 Å². The van der Waals surface area contributed by atoms with Gasteiger partial charge in [-0.1, -0.05) is 12.1 Å². The molecule has 28 heavy (non-hydrogen) atoms. The smallest absolute Gasteiger partial charge is 0.239 e. The monoisotopic (exact) mass is 383 g/mol. The quantitative estimate of drug-likeness (QED) is 0.505. The van der Waals surface area contributed by atoms with Crippen LogP contribution in [0.1, 0.15) is 37.1 Å². The zero-order chi connectivity index (χ0) is 19.8. The molecule has 0 saturated carbocycles. The summed E-state index contributed by atoms with van der Waals surface area (Å²) in [6.45, 7) is 4.86. The van der Waals surface area contributed by atoms with Gasteiger partial charge in [0.2, 0.25) is 5.91 Å². The van der Waals surface area contributed by atoms with Crippen molar-refractivity contribution in [2.45, 2.75) is 32.4 Å². The second-order valence-electron chi connectivity index (χ2n) is 6.94. The number of rotatable bonds is 7. The summed E-state index contributed by atoms with van der Waals surface area (Å²) in [5, 5.41) is 9.21. The van der Waals surface area contributed by atoms with Gasteiger partial charge in [0.05, 0.1) is 25.4 Å². The van der Waals surface area contributed by atoms with Crippen LogP contribution in [0.5, 0.6) is 0 Å². The molecule has 1 saturated heterocycles. The Morgan fingerprint density at radius 1 is 1.21 bits per heavy atom. The first-order chi connectivity index (χ1) is 13.7. The molecule has 1 aliphatic heterocycles. The van der Waals surface area contributed by atoms with E-state index in [-0.39, 0.29) is 18.5 Å². The zero-order valence-corrected chi connectivity index (χ0v) is 16.6. The van der Waals surface area contributed by atoms with E-state index in [1.165, 1.54) is 24.1 Å². The maximum Gasteiger partial charge on any atom is 0.239 e. The van der Waals surface area contributed by atoms with Gasteiger partial charge in [0, 0.05) is 25.8 Å². The fourth-order valence-corrected chi connectivity index (χ4v) is 3.27. The summed E-state index contributed by atoms with van der Waals surface area (Å²) in [5.74, 6) is 1.19. The summed E-state index contributed by atoms with van der Waals surface area (Å²) in [5.41, 5.74) is 2.46. The average Bonchev–Trinajstić information content (AvgIpc) is 3.43. The number of hydrogen-bond acceptors (Lipinski definition) is 4. The molecule has 2 heterocycles. The van der Waals surface area contributed by atoms with Gasteiger partial charge in [-0.05, 0) is 49.6 Å². The molecule has 0 spiro atoms. The van der Waals surface area contributed by atoms with E-state index < -0.39 is 0 Å². The Labute approximate surface area is 166 Å². The normalized spacial score (nSPS) is 15.4. The number of carbonyl (C=O) groups is 1. The lowest BCUT2D eigenvalue weighted by atomic mass is 10.1. The van der Waals surface area contributed by atoms with Crippen molar-refractivity contribution in [2.24, 2.45) is 4.99 Å². The van der Waals surface area contributed by atoms with Crippen LogP contribution in [0.4, 0.5) is 5.69 Å². The fraction of sp³-hybridized carbons (Fsp3) is 0.429. The molecule has 0 bridgehead atoms. The summed E-state index contributed by atoms with van der Waals surface area (Å²) in [6, 6.07) is 12.3. The van der Waals surface area contributed by atoms with Crippen molar-refractivity contribution >= 4 is 17.6 Å². The summed E-state index contributed by atoms with van der Waals surface area (Å²) in [7, 11) is 1.70. The number of anilines is 1. The number of aliphatic imine (C=N–C) groups is 1. The molecule has 1 fully saturated rings. The molecule has 1 aliphatic rings. The van der Waals surface area contributed by atoms with E-state index in [2.05, 4.69) is 57.0 Å². The molecular formula is C21H29N5O2. The van der Waals surface area contributed by atoms with Gasteiger partial charge >= 0.3 is 0 Å². The number of nitrogens with one attached hydrogen (secondary N) is 3. The van der Waals surface area contributed by atoms with Crippen molar-refractivity contribution < 1.29 is 9.21 Å². The SMILES string of the molecule is CN=C(NCC(=O)NCc1ccco1)NC(C)c1cccc(N2CCCC2)c1. The maximum absolute atomic E-state index is 12.0. The topological polar surface area (TPSA) is 81.9 Å². The number of amides is 1. The highest BCUT2D eigenvalue weighted by Crippen LogP contribution is 2.23. The number of furan rings is 1. The van der Waals surface area contributed by atoms with Gasteiger partial charge in [0.15, 0.2) is 5.96 Å². The zero-order valence-electron chi connectivity index (χ0n) is 16.6. The van der Waals surface area contributed by atoms with Crippen LogP contribution in [0.15, 0.2) is 52.1 Å². The molecule has 1 aromatic heterocycles. The minimum Gasteiger partial charge on any atom is -0.467 e. The van der Waals surface area contributed by atoms with Gasteiger partial charge in [-0.2, -0.15) is 0 Å². The Morgan fingerprint density at radius 2 is 2.04 bits per heavy atom. The highest BCUT2D eigenvalue weighted by Gasteiger charge is 2.14. The van der Waals surface area contributed by atoms with Crippen molar-refractivity contribution in [3.63, 3.8) is 0 Å². The van der Waals surface area contributed by atoms with Gasteiger partial charge in [0.25, 0.3) is 0 Å². The number of nitrogens with zero attached hydrogens (tertiary/aromatic N) is 2. The van der Waals surface area contributed by atoms with Gasteiger partial charge in [-0.15, -0.1) is 0 Å². The summed E-state index contributed by atoms with van der Waals surface area (Å²) >= 11 is 0. The number of hydrogen-bond donors (Lipinski definition) is 3. The summed E-state index contributed by atoms with van der Waals surface area (Å²) in [6.07, 6.45) is 4.11. The van der Waals surface area contributed by atoms with Crippen LogP contribution in [0.25, 0.3) is 0 Å². The Morgan fingerprint density at radius 3 is 2.75 bits per heavy atom. The first kappa shape index (κ1) is 19.8. The van der Waals surface area contributed by atoms with E-state index >= 15 is 0 Å². The molecule has 1 unspecified atom stereocenters. The lowest BCUT2D eigenvalue weighted by Gasteiger charge is -2.22. The first-order valence-corrected chi connectivity index (χ1v) is 9.77. The van der Waals surface area contributed by atoms with Crippen molar-refractivity contribution in [2.75, 3.05) is 31.6 Å². The summed E-state index contributed by atoms with van der Waals surface area (Å²) < 4.78 is 5.20. The van der Waals surface area contributed by atoms with E-state index in [9.17, 15) is 4.79 Å². The van der Waals surface area contributed by atoms with Crippen LogP contribution < -0.4 is 20.9 Å². The second-order valence-corrected chi connectivity index (χ2v) is 6.94. The van der Waals surface area contributed by atoms with E-state index in [4.69, 9.17) is 4.42 Å². The fourth-order valence-electron chi connectivity index (χ4n) is 3.27. The molecular weight excluding hydrogens is 354 g/mol. The van der Waals surface area contributed by atoms with Crippen LogP contribution in [-0.2, 0) is 11.3 Å². The molecule has 150 valence electrons. The van der Waals surface area contributed by atoms with Crippen LogP contribution in [0.3, 0.4) is 0 Å². The van der Waals surface area contributed by atoms with E-state index in [1.54, 1.807) is 19.4 Å². The lowest BCUT2D eigenvalue weighted by molar-refractivity contribution is -0.120. The molecule has 3 N–H and O–H groups in total. The Kier molecular flexibility index (Phi) is 6.94. The third kappa shape index (κ3) is 5.52. The number of benzene rings is 1. The molecule has 1 amide bonds. The number of carbonyl (C=O) groups excluding carboxylic acids is 1. The Hall–Kier alpha value is -2.96. The van der Waals surface area contributed by atoms with E-state index in [0.717, 1.165) is 18.8 Å². The van der Waals surface area contributed by atoms with Gasteiger partial charge < -0.3 is 25.3 Å². The Bertz CT molecular complexity index is 782. The van der Waals surface area contributed by atoms with Gasteiger partial charge in [0.1, 0.15) is 5.76 Å². The van der Waals surface area contributed by atoms with Crippen LogP contribution in [-0.4, -0.2) is 38.5 Å². The molecule has 2 aromatic rings. The third-order valence-electron chi connectivity index (χ3n) is 4.87. The minimum absolute atomic E-state index is 0.0694. The van der Waals surface area contributed by atoms with Crippen molar-refractivity contribution in [3.05, 3.63) is 54.0 Å². The van der Waals surface area contributed by atoms with Crippen molar-refractivity contribution in [1.29, 1.82) is 0 Å². The average molecular weight is 383 g/mol. The number of guanidine groups is 1. The largest absolute Gasteiger partial charge is 0.467 e. The highest BCUT2D eigenvalue weighted by molar-refractivity contribution is 5.86. The molecule has 1 atom stereocenters. The minimum atomic E-state index is -0.122. The Balaban J connectivity index is 1.48. The third-order valence-corrected chi connectivity index (χ3v) is 4.87. The molecule has 7 heteroatoms. The first-order valence-electron chi connectivity index (χ1n) is 9.77. The molecule has 7 nitrogen and oxygen atoms in total. The van der Waals surface area contributed by atoms with E-state index in [1.807, 2.05) is 6.07 Å². The van der Waals surface area contributed by atoms with Crippen LogP contribution in [0.2, 0.25) is 0 Å². The predicted octanol–water partition coefficient (Wildman–Crippen LogP) is 2.42. The van der Waals surface area contributed by atoms with E-state index in [0.29, 0.717) is 12.5 Å². The van der Waals surface area contributed by atoms with Crippen LogP contribution >= 0.6 is 0 Å².